The number of pyridine rings is 1. The van der Waals surface area contributed by atoms with Crippen LogP contribution in [0.1, 0.15) is 10.4 Å². The van der Waals surface area contributed by atoms with Crippen LogP contribution in [0.2, 0.25) is 0 Å². The summed E-state index contributed by atoms with van der Waals surface area (Å²) in [5, 5.41) is 4.85. The first-order valence-corrected chi connectivity index (χ1v) is 8.51. The number of nitrogens with one attached hydrogen (secondary N) is 2. The predicted octanol–water partition coefficient (Wildman–Crippen LogP) is 4.37. The van der Waals surface area contributed by atoms with Crippen molar-refractivity contribution in [3.63, 3.8) is 0 Å². The normalized spacial score (nSPS) is 10.8. The Kier molecular flexibility index (Phi) is 3.72. The molecule has 0 bridgehead atoms. The van der Waals surface area contributed by atoms with Gasteiger partial charge in [-0.05, 0) is 24.3 Å². The van der Waals surface area contributed by atoms with Crippen molar-refractivity contribution in [3.05, 3.63) is 70.6 Å². The van der Waals surface area contributed by atoms with Crippen LogP contribution in [0.15, 0.2) is 60.4 Å². The minimum Gasteiger partial charge on any atom is -0.352 e. The minimum atomic E-state index is -0.230. The average molecular weight is 352 g/mol. The van der Waals surface area contributed by atoms with Gasteiger partial charge in [-0.1, -0.05) is 24.4 Å². The Balaban J connectivity index is 1.55. The van der Waals surface area contributed by atoms with E-state index >= 15 is 0 Å². The molecule has 4 aromatic rings. The molecule has 2 N–H and O–H groups in total. The number of carbonyl (C=O) groups is 1. The third kappa shape index (κ3) is 2.75. The van der Waals surface area contributed by atoms with Gasteiger partial charge in [-0.25, -0.2) is 4.98 Å². The van der Waals surface area contributed by atoms with Crippen molar-refractivity contribution in [2.45, 2.75) is 0 Å². The maximum Gasteiger partial charge on any atom is 0.258 e. The molecule has 0 aliphatic carbocycles. The van der Waals surface area contributed by atoms with Crippen LogP contribution < -0.4 is 5.32 Å². The fourth-order valence-corrected chi connectivity index (χ4v) is 3.32. The number of hydrogen-bond acceptors (Lipinski definition) is 4. The lowest BCUT2D eigenvalue weighted by Crippen LogP contribution is -2.12. The highest BCUT2D eigenvalue weighted by Crippen LogP contribution is 2.23. The number of hydrogen-bond donors (Lipinski definition) is 2. The van der Waals surface area contributed by atoms with Gasteiger partial charge in [0, 0.05) is 35.2 Å². The number of carbonyl (C=O) groups excluding carboxylic acids is 1. The standard InChI is InChI=1S/C17H12N4OS2/c22-15(13-2-1-7-18-16(13)23)19-12-5-3-11(4-6-12)14-10-21-8-9-24-17(21)20-14/h1-10H,(H,18,23)(H,19,22). The van der Waals surface area contributed by atoms with Crippen molar-refractivity contribution < 1.29 is 4.79 Å². The minimum absolute atomic E-state index is 0.230. The molecule has 0 aliphatic rings. The zero-order valence-corrected chi connectivity index (χ0v) is 14.0. The number of thiazole rings is 1. The monoisotopic (exact) mass is 352 g/mol. The molecule has 4 rings (SSSR count). The number of benzene rings is 1. The van der Waals surface area contributed by atoms with Crippen LogP contribution in [0.5, 0.6) is 0 Å². The quantitative estimate of drug-likeness (QED) is 0.538. The molecule has 0 atom stereocenters. The summed E-state index contributed by atoms with van der Waals surface area (Å²) in [6, 6.07) is 11.0. The van der Waals surface area contributed by atoms with Crippen LogP contribution >= 0.6 is 23.6 Å². The summed E-state index contributed by atoms with van der Waals surface area (Å²) in [7, 11) is 0. The molecule has 1 amide bonds. The Morgan fingerprint density at radius 3 is 2.83 bits per heavy atom. The van der Waals surface area contributed by atoms with E-state index in [4.69, 9.17) is 12.2 Å². The van der Waals surface area contributed by atoms with Crippen LogP contribution in [0.4, 0.5) is 5.69 Å². The molecule has 3 heterocycles. The lowest BCUT2D eigenvalue weighted by molar-refractivity contribution is 0.102. The van der Waals surface area contributed by atoms with Crippen molar-refractivity contribution in [1.29, 1.82) is 0 Å². The van der Waals surface area contributed by atoms with E-state index in [1.807, 2.05) is 46.4 Å². The number of aromatic nitrogens is 3. The molecule has 7 heteroatoms. The fourth-order valence-electron chi connectivity index (χ4n) is 2.39. The van der Waals surface area contributed by atoms with E-state index in [0.29, 0.717) is 15.9 Å². The number of aromatic amines is 1. The van der Waals surface area contributed by atoms with E-state index in [9.17, 15) is 4.79 Å². The summed E-state index contributed by atoms with van der Waals surface area (Å²) < 4.78 is 2.41. The van der Waals surface area contributed by atoms with Crippen molar-refractivity contribution in [3.8, 4) is 11.3 Å². The molecule has 0 spiro atoms. The Bertz CT molecular complexity index is 1050. The SMILES string of the molecule is O=C(Nc1ccc(-c2cn3ccsc3n2)cc1)c1ccc[nH]c1=S. The molecule has 1 aromatic carbocycles. The molecule has 0 saturated heterocycles. The maximum absolute atomic E-state index is 12.3. The molecular formula is C17H12N4OS2. The smallest absolute Gasteiger partial charge is 0.258 e. The first kappa shape index (κ1) is 14.8. The van der Waals surface area contributed by atoms with E-state index in [1.165, 1.54) is 0 Å². The van der Waals surface area contributed by atoms with Gasteiger partial charge in [-0.2, -0.15) is 0 Å². The highest BCUT2D eigenvalue weighted by Gasteiger charge is 2.09. The van der Waals surface area contributed by atoms with Gasteiger partial charge < -0.3 is 10.3 Å². The third-order valence-corrected chi connectivity index (χ3v) is 4.70. The first-order chi connectivity index (χ1) is 11.7. The lowest BCUT2D eigenvalue weighted by atomic mass is 10.1. The number of anilines is 1. The molecule has 0 unspecified atom stereocenters. The second-order valence-corrected chi connectivity index (χ2v) is 6.44. The van der Waals surface area contributed by atoms with Crippen LogP contribution in [-0.2, 0) is 0 Å². The third-order valence-electron chi connectivity index (χ3n) is 3.59. The summed E-state index contributed by atoms with van der Waals surface area (Å²) in [6.07, 6.45) is 5.67. The lowest BCUT2D eigenvalue weighted by Gasteiger charge is -2.06. The van der Waals surface area contributed by atoms with E-state index in [-0.39, 0.29) is 5.91 Å². The highest BCUT2D eigenvalue weighted by molar-refractivity contribution is 7.71. The number of amides is 1. The summed E-state index contributed by atoms with van der Waals surface area (Å²) in [6.45, 7) is 0. The topological polar surface area (TPSA) is 62.2 Å². The summed E-state index contributed by atoms with van der Waals surface area (Å²) >= 11 is 6.72. The van der Waals surface area contributed by atoms with Gasteiger partial charge in [0.2, 0.25) is 0 Å². The Morgan fingerprint density at radius 2 is 2.08 bits per heavy atom. The molecule has 0 aliphatic heterocycles. The van der Waals surface area contributed by atoms with Gasteiger partial charge >= 0.3 is 0 Å². The van der Waals surface area contributed by atoms with Gasteiger partial charge in [-0.15, -0.1) is 11.3 Å². The van der Waals surface area contributed by atoms with E-state index < -0.39 is 0 Å². The molecule has 5 nitrogen and oxygen atoms in total. The number of rotatable bonds is 3. The second-order valence-electron chi connectivity index (χ2n) is 5.16. The number of fused-ring (bicyclic) bond motifs is 1. The molecule has 118 valence electrons. The number of nitrogens with zero attached hydrogens (tertiary/aromatic N) is 2. The van der Waals surface area contributed by atoms with Gasteiger partial charge in [0.05, 0.1) is 11.3 Å². The Morgan fingerprint density at radius 1 is 1.25 bits per heavy atom. The molecule has 24 heavy (non-hydrogen) atoms. The molecule has 3 aromatic heterocycles. The average Bonchev–Trinajstić information content (AvgIpc) is 3.17. The Hall–Kier alpha value is -2.77. The summed E-state index contributed by atoms with van der Waals surface area (Å²) in [4.78, 5) is 20.6. The molecule has 0 fully saturated rings. The largest absolute Gasteiger partial charge is 0.352 e. The van der Waals surface area contributed by atoms with E-state index in [1.54, 1.807) is 29.7 Å². The molecule has 0 radical (unpaired) electrons. The fraction of sp³-hybridized carbons (Fsp3) is 0. The van der Waals surface area contributed by atoms with Crippen LogP contribution in [0.3, 0.4) is 0 Å². The summed E-state index contributed by atoms with van der Waals surface area (Å²) in [5.74, 6) is -0.230. The number of imidazole rings is 1. The van der Waals surface area contributed by atoms with Crippen LogP contribution in [0.25, 0.3) is 16.2 Å². The number of H-pyrrole nitrogens is 1. The van der Waals surface area contributed by atoms with Gasteiger partial charge in [-0.3, -0.25) is 9.20 Å². The van der Waals surface area contributed by atoms with Gasteiger partial charge in [0.15, 0.2) is 4.96 Å². The maximum atomic E-state index is 12.3. The second kappa shape index (κ2) is 6.03. The first-order valence-electron chi connectivity index (χ1n) is 7.22. The van der Waals surface area contributed by atoms with Gasteiger partial charge in [0.1, 0.15) is 4.64 Å². The van der Waals surface area contributed by atoms with E-state index in [2.05, 4.69) is 15.3 Å². The van der Waals surface area contributed by atoms with E-state index in [0.717, 1.165) is 16.2 Å². The van der Waals surface area contributed by atoms with Crippen molar-refractivity contribution >= 4 is 40.1 Å². The van der Waals surface area contributed by atoms with Crippen molar-refractivity contribution in [2.75, 3.05) is 5.32 Å². The molecule has 0 saturated carbocycles. The van der Waals surface area contributed by atoms with Crippen LogP contribution in [0, 0.1) is 4.64 Å². The predicted molar refractivity (Wildman–Crippen MR) is 98.1 cm³/mol. The van der Waals surface area contributed by atoms with Crippen LogP contribution in [-0.4, -0.2) is 20.3 Å². The van der Waals surface area contributed by atoms with Gasteiger partial charge in [0.25, 0.3) is 5.91 Å². The zero-order valence-electron chi connectivity index (χ0n) is 12.4. The molecular weight excluding hydrogens is 340 g/mol. The zero-order chi connectivity index (χ0) is 16.5. The summed E-state index contributed by atoms with van der Waals surface area (Å²) in [5.41, 5.74) is 3.07. The van der Waals surface area contributed by atoms with Crippen molar-refractivity contribution in [1.82, 2.24) is 14.4 Å². The Labute approximate surface area is 146 Å². The highest BCUT2D eigenvalue weighted by atomic mass is 32.1. The van der Waals surface area contributed by atoms with Crippen molar-refractivity contribution in [2.24, 2.45) is 0 Å².